The van der Waals surface area contributed by atoms with Crippen LogP contribution in [0.25, 0.3) is 0 Å². The van der Waals surface area contributed by atoms with Crippen molar-refractivity contribution in [3.8, 4) is 0 Å². The minimum atomic E-state index is -1.04. The number of rotatable bonds is 44. The zero-order chi connectivity index (χ0) is 45.9. The van der Waals surface area contributed by atoms with Crippen molar-refractivity contribution in [2.75, 3.05) is 26.4 Å². The Hall–Kier alpha value is -3.51. The predicted octanol–water partition coefficient (Wildman–Crippen LogP) is 11.1. The lowest BCUT2D eigenvalue weighted by Crippen LogP contribution is -2.31. The molecule has 0 aliphatic rings. The van der Waals surface area contributed by atoms with E-state index >= 15 is 0 Å². The molecule has 0 unspecified atom stereocenters. The highest BCUT2D eigenvalue weighted by Gasteiger charge is 2.23. The monoisotopic (exact) mass is 883 g/mol. The number of carbonyl (C=O) groups is 7. The molecule has 13 nitrogen and oxygen atoms in total. The number of ether oxygens (including phenoxy) is 6. The van der Waals surface area contributed by atoms with Crippen LogP contribution in [0.15, 0.2) is 0 Å². The molecular weight excluding hydrogens is 797 g/mol. The molecule has 0 rings (SSSR count). The first-order chi connectivity index (χ1) is 30.0. The van der Waals surface area contributed by atoms with Gasteiger partial charge in [0.2, 0.25) is 0 Å². The van der Waals surface area contributed by atoms with Crippen molar-refractivity contribution in [2.45, 2.75) is 245 Å². The van der Waals surface area contributed by atoms with Crippen LogP contribution in [0.5, 0.6) is 0 Å². The molecule has 0 bridgehead atoms. The van der Waals surface area contributed by atoms with Gasteiger partial charge in [-0.25, -0.2) is 0 Å². The standard InChI is InChI=1S/C49H86O13/c1-5-9-13-17-21-25-29-44(51)57-37-42(38-58-45(52)30-26-22-18-14-10-6-2)61-48(55)35-33-41(50)34-36-49(56)62-43(39-59-46(53)31-27-23-19-15-11-7-3)40-60-47(54)32-28-24-20-16-12-8-4/h42-43H,5-40H2,1-4H3. The van der Waals surface area contributed by atoms with Gasteiger partial charge in [0.25, 0.3) is 0 Å². The topological polar surface area (TPSA) is 175 Å². The quantitative estimate of drug-likeness (QED) is 0.0321. The molecule has 0 aromatic heterocycles. The van der Waals surface area contributed by atoms with Crippen molar-refractivity contribution < 1.29 is 62.0 Å². The van der Waals surface area contributed by atoms with Crippen LogP contribution in [0.2, 0.25) is 0 Å². The summed E-state index contributed by atoms with van der Waals surface area (Å²) in [7, 11) is 0. The van der Waals surface area contributed by atoms with E-state index in [1.54, 1.807) is 0 Å². The largest absolute Gasteiger partial charge is 0.462 e. The molecule has 0 amide bonds. The molecule has 0 atom stereocenters. The van der Waals surface area contributed by atoms with Gasteiger partial charge in [-0.05, 0) is 25.7 Å². The third-order valence-electron chi connectivity index (χ3n) is 10.5. The lowest BCUT2D eigenvalue weighted by molar-refractivity contribution is -0.167. The average Bonchev–Trinajstić information content (AvgIpc) is 3.26. The van der Waals surface area contributed by atoms with Crippen LogP contribution in [0.3, 0.4) is 0 Å². The van der Waals surface area contributed by atoms with Crippen molar-refractivity contribution in [3.63, 3.8) is 0 Å². The number of carbonyl (C=O) groups excluding carboxylic acids is 7. The third-order valence-corrected chi connectivity index (χ3v) is 10.5. The van der Waals surface area contributed by atoms with E-state index < -0.39 is 53.8 Å². The molecule has 0 fully saturated rings. The van der Waals surface area contributed by atoms with E-state index in [-0.39, 0.29) is 77.8 Å². The highest BCUT2D eigenvalue weighted by Crippen LogP contribution is 2.13. The normalized spacial score (nSPS) is 11.1. The summed E-state index contributed by atoms with van der Waals surface area (Å²) in [4.78, 5) is 87.9. The van der Waals surface area contributed by atoms with Gasteiger partial charge < -0.3 is 28.4 Å². The van der Waals surface area contributed by atoms with E-state index in [0.717, 1.165) is 128 Å². The molecule has 0 N–H and O–H groups in total. The van der Waals surface area contributed by atoms with Gasteiger partial charge in [-0.15, -0.1) is 0 Å². The Balaban J connectivity index is 5.04. The van der Waals surface area contributed by atoms with Crippen LogP contribution in [0, 0.1) is 0 Å². The highest BCUT2D eigenvalue weighted by atomic mass is 16.6. The van der Waals surface area contributed by atoms with Gasteiger partial charge in [-0.1, -0.05) is 156 Å². The van der Waals surface area contributed by atoms with Crippen molar-refractivity contribution in [1.29, 1.82) is 0 Å². The molecule has 0 radical (unpaired) electrons. The van der Waals surface area contributed by atoms with E-state index in [4.69, 9.17) is 28.4 Å². The van der Waals surface area contributed by atoms with Crippen LogP contribution in [-0.4, -0.2) is 80.2 Å². The van der Waals surface area contributed by atoms with Crippen LogP contribution in [0.1, 0.15) is 233 Å². The molecule has 0 aliphatic carbocycles. The van der Waals surface area contributed by atoms with E-state index in [1.165, 1.54) is 0 Å². The molecule has 0 spiro atoms. The zero-order valence-electron chi connectivity index (χ0n) is 39.4. The molecule has 0 saturated carbocycles. The molecule has 0 aromatic carbocycles. The van der Waals surface area contributed by atoms with Crippen LogP contribution in [0.4, 0.5) is 0 Å². The minimum Gasteiger partial charge on any atom is -0.462 e. The highest BCUT2D eigenvalue weighted by molar-refractivity contribution is 5.85. The number of Topliss-reactive ketones (excluding diaryl/α,β-unsaturated/α-hetero) is 1. The summed E-state index contributed by atoms with van der Waals surface area (Å²) in [5.41, 5.74) is 0. The van der Waals surface area contributed by atoms with Gasteiger partial charge in [-0.3, -0.25) is 33.6 Å². The minimum absolute atomic E-state index is 0.218. The Labute approximate surface area is 374 Å². The van der Waals surface area contributed by atoms with Gasteiger partial charge in [0.15, 0.2) is 12.2 Å². The molecule has 0 saturated heterocycles. The molecule has 0 aromatic rings. The average molecular weight is 883 g/mol. The van der Waals surface area contributed by atoms with Crippen molar-refractivity contribution in [3.05, 3.63) is 0 Å². The van der Waals surface area contributed by atoms with E-state index in [0.29, 0.717) is 25.7 Å². The van der Waals surface area contributed by atoms with E-state index in [1.807, 2.05) is 0 Å². The summed E-state index contributed by atoms with van der Waals surface area (Å²) in [6.07, 6.45) is 22.1. The molecule has 0 heterocycles. The molecule has 0 aliphatic heterocycles. The van der Waals surface area contributed by atoms with Crippen LogP contribution >= 0.6 is 0 Å². The Morgan fingerprint density at radius 3 is 0.742 bits per heavy atom. The SMILES string of the molecule is CCCCCCCCC(=O)OCC(COC(=O)CCCCCCCC)OC(=O)CCC(=O)CCC(=O)OC(COC(=O)CCCCCCCC)COC(=O)CCCCCCCC. The second-order valence-electron chi connectivity index (χ2n) is 16.6. The Morgan fingerprint density at radius 2 is 0.500 bits per heavy atom. The number of hydrogen-bond donors (Lipinski definition) is 0. The third kappa shape index (κ3) is 39.3. The lowest BCUT2D eigenvalue weighted by Gasteiger charge is -2.18. The molecule has 360 valence electrons. The number of esters is 6. The second-order valence-corrected chi connectivity index (χ2v) is 16.6. The smallest absolute Gasteiger partial charge is 0.306 e. The summed E-state index contributed by atoms with van der Waals surface area (Å²) >= 11 is 0. The number of hydrogen-bond acceptors (Lipinski definition) is 13. The Bertz CT molecular complexity index is 1030. The van der Waals surface area contributed by atoms with Gasteiger partial charge in [-0.2, -0.15) is 0 Å². The maximum Gasteiger partial charge on any atom is 0.306 e. The van der Waals surface area contributed by atoms with Crippen molar-refractivity contribution in [2.24, 2.45) is 0 Å². The summed E-state index contributed by atoms with van der Waals surface area (Å²) in [5.74, 6) is -3.59. The molecular formula is C49H86O13. The molecule has 13 heteroatoms. The van der Waals surface area contributed by atoms with Crippen molar-refractivity contribution >= 4 is 41.6 Å². The zero-order valence-corrected chi connectivity index (χ0v) is 39.4. The predicted molar refractivity (Wildman–Crippen MR) is 239 cm³/mol. The van der Waals surface area contributed by atoms with Gasteiger partial charge >= 0.3 is 35.8 Å². The molecule has 62 heavy (non-hydrogen) atoms. The summed E-state index contributed by atoms with van der Waals surface area (Å²) in [5, 5.41) is 0. The maximum absolute atomic E-state index is 12.8. The Kier molecular flexibility index (Phi) is 40.4. The summed E-state index contributed by atoms with van der Waals surface area (Å²) < 4.78 is 32.4. The fourth-order valence-electron chi connectivity index (χ4n) is 6.56. The first-order valence-electron chi connectivity index (χ1n) is 24.6. The number of unbranched alkanes of at least 4 members (excludes halogenated alkanes) is 20. The lowest BCUT2D eigenvalue weighted by atomic mass is 10.1. The van der Waals surface area contributed by atoms with Gasteiger partial charge in [0, 0.05) is 38.5 Å². The fraction of sp³-hybridized carbons (Fsp3) is 0.857. The first-order valence-corrected chi connectivity index (χ1v) is 24.6. The summed E-state index contributed by atoms with van der Waals surface area (Å²) in [6.45, 7) is 7.43. The first kappa shape index (κ1) is 58.5. The summed E-state index contributed by atoms with van der Waals surface area (Å²) in [6, 6.07) is 0. The van der Waals surface area contributed by atoms with E-state index in [9.17, 15) is 33.6 Å². The van der Waals surface area contributed by atoms with Crippen molar-refractivity contribution in [1.82, 2.24) is 0 Å². The van der Waals surface area contributed by atoms with Crippen LogP contribution in [-0.2, 0) is 62.0 Å². The van der Waals surface area contributed by atoms with E-state index in [2.05, 4.69) is 27.7 Å². The fourth-order valence-corrected chi connectivity index (χ4v) is 6.56. The number of ketones is 1. The Morgan fingerprint density at radius 1 is 0.274 bits per heavy atom. The maximum atomic E-state index is 12.8. The van der Waals surface area contributed by atoms with Gasteiger partial charge in [0.1, 0.15) is 32.2 Å². The van der Waals surface area contributed by atoms with Gasteiger partial charge in [0.05, 0.1) is 12.8 Å². The second kappa shape index (κ2) is 42.8. The van der Waals surface area contributed by atoms with Crippen LogP contribution < -0.4 is 0 Å².